The van der Waals surface area contributed by atoms with Gasteiger partial charge < -0.3 is 21.3 Å². The molecule has 0 aliphatic rings. The molecule has 0 unspecified atom stereocenters. The SMILES string of the molecule is Nc1ccc(C(=O)ONc2nc3ccc(N)cc3[nH]2)cc1. The number of H-pyrrole nitrogens is 1. The van der Waals surface area contributed by atoms with Crippen molar-refractivity contribution >= 4 is 34.3 Å². The van der Waals surface area contributed by atoms with E-state index in [2.05, 4.69) is 15.4 Å². The van der Waals surface area contributed by atoms with Gasteiger partial charge in [-0.2, -0.15) is 5.48 Å². The van der Waals surface area contributed by atoms with Crippen LogP contribution in [-0.2, 0) is 4.84 Å². The fourth-order valence-corrected chi connectivity index (χ4v) is 1.85. The van der Waals surface area contributed by atoms with Crippen LogP contribution in [0.4, 0.5) is 17.3 Å². The number of carbonyl (C=O) groups excluding carboxylic acids is 1. The summed E-state index contributed by atoms with van der Waals surface area (Å²) in [5.74, 6) is -0.214. The number of nitrogen functional groups attached to an aromatic ring is 2. The normalized spacial score (nSPS) is 10.5. The van der Waals surface area contributed by atoms with Gasteiger partial charge in [0, 0.05) is 11.4 Å². The minimum Gasteiger partial charge on any atom is -0.399 e. The first-order valence-electron chi connectivity index (χ1n) is 6.20. The van der Waals surface area contributed by atoms with Crippen molar-refractivity contribution in [2.45, 2.75) is 0 Å². The lowest BCUT2D eigenvalue weighted by Crippen LogP contribution is -2.11. The second-order valence-electron chi connectivity index (χ2n) is 4.48. The Kier molecular flexibility index (Phi) is 3.07. The van der Waals surface area contributed by atoms with Gasteiger partial charge in [0.25, 0.3) is 0 Å². The number of benzene rings is 2. The molecule has 3 rings (SSSR count). The molecule has 1 aromatic heterocycles. The Bertz CT molecular complexity index is 795. The Morgan fingerprint density at radius 1 is 1.10 bits per heavy atom. The van der Waals surface area contributed by atoms with Crippen LogP contribution in [0.15, 0.2) is 42.5 Å². The molecule has 0 amide bonds. The molecule has 0 saturated carbocycles. The summed E-state index contributed by atoms with van der Waals surface area (Å²) < 4.78 is 0. The lowest BCUT2D eigenvalue weighted by atomic mass is 10.2. The molecule has 0 fully saturated rings. The van der Waals surface area contributed by atoms with Gasteiger partial charge in [-0.3, -0.25) is 0 Å². The van der Waals surface area contributed by atoms with Crippen molar-refractivity contribution in [3.8, 4) is 0 Å². The first kappa shape index (κ1) is 12.8. The van der Waals surface area contributed by atoms with Crippen LogP contribution >= 0.6 is 0 Å². The van der Waals surface area contributed by atoms with Gasteiger partial charge in [0.2, 0.25) is 5.95 Å². The smallest absolute Gasteiger partial charge is 0.362 e. The monoisotopic (exact) mass is 283 g/mol. The van der Waals surface area contributed by atoms with Crippen molar-refractivity contribution < 1.29 is 9.63 Å². The molecule has 0 saturated heterocycles. The number of hydrogen-bond donors (Lipinski definition) is 4. The molecule has 0 atom stereocenters. The van der Waals surface area contributed by atoms with Crippen LogP contribution in [-0.4, -0.2) is 15.9 Å². The van der Waals surface area contributed by atoms with Crippen molar-refractivity contribution in [1.29, 1.82) is 0 Å². The fourth-order valence-electron chi connectivity index (χ4n) is 1.85. The van der Waals surface area contributed by atoms with E-state index in [0.717, 1.165) is 11.0 Å². The predicted octanol–water partition coefficient (Wildman–Crippen LogP) is 1.91. The number of fused-ring (bicyclic) bond motifs is 1. The number of nitrogens with zero attached hydrogens (tertiary/aromatic N) is 1. The summed E-state index contributed by atoms with van der Waals surface area (Å²) in [6, 6.07) is 11.7. The van der Waals surface area contributed by atoms with Crippen LogP contribution < -0.4 is 16.9 Å². The second kappa shape index (κ2) is 5.04. The third-order valence-corrected chi connectivity index (χ3v) is 2.89. The highest BCUT2D eigenvalue weighted by Gasteiger charge is 2.09. The average molecular weight is 283 g/mol. The summed E-state index contributed by atoms with van der Waals surface area (Å²) in [4.78, 5) is 23.9. The molecule has 0 bridgehead atoms. The number of nitrogens with two attached hydrogens (primary N) is 2. The molecule has 0 aliphatic heterocycles. The fraction of sp³-hybridized carbons (Fsp3) is 0. The van der Waals surface area contributed by atoms with Crippen molar-refractivity contribution in [2.75, 3.05) is 16.9 Å². The molecule has 7 heteroatoms. The Morgan fingerprint density at radius 3 is 2.57 bits per heavy atom. The first-order valence-corrected chi connectivity index (χ1v) is 6.20. The zero-order chi connectivity index (χ0) is 14.8. The maximum atomic E-state index is 11.8. The minimum atomic E-state index is -0.532. The van der Waals surface area contributed by atoms with Gasteiger partial charge in [0.15, 0.2) is 0 Å². The Hall–Kier alpha value is -3.22. The van der Waals surface area contributed by atoms with Gasteiger partial charge in [-0.15, -0.1) is 0 Å². The van der Waals surface area contributed by atoms with Crippen LogP contribution in [0, 0.1) is 0 Å². The number of anilines is 3. The second-order valence-corrected chi connectivity index (χ2v) is 4.48. The van der Waals surface area contributed by atoms with E-state index in [0.29, 0.717) is 22.9 Å². The standard InChI is InChI=1S/C14H13N5O2/c15-9-3-1-8(2-4-9)13(20)21-19-14-17-11-6-5-10(16)7-12(11)18-14/h1-7H,15-16H2,(H2,17,18,19). The van der Waals surface area contributed by atoms with E-state index in [1.165, 1.54) is 0 Å². The highest BCUT2D eigenvalue weighted by molar-refractivity contribution is 5.90. The molecule has 3 aromatic rings. The van der Waals surface area contributed by atoms with Crippen LogP contribution in [0.25, 0.3) is 11.0 Å². The Labute approximate surface area is 119 Å². The van der Waals surface area contributed by atoms with Crippen molar-refractivity contribution in [3.05, 3.63) is 48.0 Å². The Balaban J connectivity index is 1.71. The quantitative estimate of drug-likeness (QED) is 0.430. The molecule has 2 aromatic carbocycles. The predicted molar refractivity (Wildman–Crippen MR) is 80.4 cm³/mol. The number of rotatable bonds is 3. The third kappa shape index (κ3) is 2.71. The molecular weight excluding hydrogens is 270 g/mol. The van der Waals surface area contributed by atoms with Gasteiger partial charge >= 0.3 is 5.97 Å². The Morgan fingerprint density at radius 2 is 1.81 bits per heavy atom. The van der Waals surface area contributed by atoms with E-state index < -0.39 is 5.97 Å². The summed E-state index contributed by atoms with van der Waals surface area (Å²) in [6.07, 6.45) is 0. The first-order chi connectivity index (χ1) is 10.1. The zero-order valence-electron chi connectivity index (χ0n) is 11.0. The number of imidazole rings is 1. The molecule has 7 nitrogen and oxygen atoms in total. The maximum Gasteiger partial charge on any atom is 0.362 e. The number of nitrogens with one attached hydrogen (secondary N) is 2. The highest BCUT2D eigenvalue weighted by Crippen LogP contribution is 2.17. The van der Waals surface area contributed by atoms with Gasteiger partial charge in [0.05, 0.1) is 16.6 Å². The summed E-state index contributed by atoms with van der Waals surface area (Å²) in [5.41, 5.74) is 16.8. The van der Waals surface area contributed by atoms with E-state index in [4.69, 9.17) is 16.3 Å². The van der Waals surface area contributed by atoms with Crippen LogP contribution in [0.1, 0.15) is 10.4 Å². The summed E-state index contributed by atoms with van der Waals surface area (Å²) in [5, 5.41) is 0. The van der Waals surface area contributed by atoms with E-state index in [1.807, 2.05) is 0 Å². The van der Waals surface area contributed by atoms with Gasteiger partial charge in [-0.05, 0) is 42.5 Å². The minimum absolute atomic E-state index is 0.319. The van der Waals surface area contributed by atoms with E-state index >= 15 is 0 Å². The molecule has 0 aliphatic carbocycles. The number of hydrogen-bond acceptors (Lipinski definition) is 6. The third-order valence-electron chi connectivity index (χ3n) is 2.89. The van der Waals surface area contributed by atoms with Gasteiger partial charge in [-0.25, -0.2) is 9.78 Å². The van der Waals surface area contributed by atoms with Crippen molar-refractivity contribution in [2.24, 2.45) is 0 Å². The summed E-state index contributed by atoms with van der Waals surface area (Å²) >= 11 is 0. The van der Waals surface area contributed by atoms with Gasteiger partial charge in [0.1, 0.15) is 0 Å². The maximum absolute atomic E-state index is 11.8. The van der Waals surface area contributed by atoms with Crippen LogP contribution in [0.5, 0.6) is 0 Å². The molecule has 1 heterocycles. The van der Waals surface area contributed by atoms with Gasteiger partial charge in [-0.1, -0.05) is 0 Å². The average Bonchev–Trinajstić information content (AvgIpc) is 2.87. The van der Waals surface area contributed by atoms with Crippen molar-refractivity contribution in [1.82, 2.24) is 9.97 Å². The zero-order valence-corrected chi connectivity index (χ0v) is 11.0. The largest absolute Gasteiger partial charge is 0.399 e. The molecule has 0 spiro atoms. The summed E-state index contributed by atoms with van der Waals surface area (Å²) in [7, 11) is 0. The van der Waals surface area contributed by atoms with Crippen LogP contribution in [0.2, 0.25) is 0 Å². The van der Waals surface area contributed by atoms with Crippen molar-refractivity contribution in [3.63, 3.8) is 0 Å². The number of aromatic amines is 1. The summed E-state index contributed by atoms with van der Waals surface area (Å²) in [6.45, 7) is 0. The molecular formula is C14H13N5O2. The van der Waals surface area contributed by atoms with E-state index in [1.54, 1.807) is 42.5 Å². The number of aromatic nitrogens is 2. The molecule has 6 N–H and O–H groups in total. The van der Waals surface area contributed by atoms with Crippen LogP contribution in [0.3, 0.4) is 0 Å². The number of carbonyl (C=O) groups is 1. The molecule has 106 valence electrons. The lowest BCUT2D eigenvalue weighted by molar-refractivity contribution is 0.0593. The van der Waals surface area contributed by atoms with E-state index in [9.17, 15) is 4.79 Å². The molecule has 0 radical (unpaired) electrons. The lowest BCUT2D eigenvalue weighted by Gasteiger charge is -2.03. The molecule has 21 heavy (non-hydrogen) atoms. The topological polar surface area (TPSA) is 119 Å². The van der Waals surface area contributed by atoms with E-state index in [-0.39, 0.29) is 0 Å². The highest BCUT2D eigenvalue weighted by atomic mass is 16.7.